The molecule has 0 saturated heterocycles. The quantitative estimate of drug-likeness (QED) is 0.176. The van der Waals surface area contributed by atoms with Crippen LogP contribution in [0.25, 0.3) is 22.4 Å². The number of nitrogens with zero attached hydrogens (tertiary/aromatic N) is 1. The maximum absolute atomic E-state index is 5.03. The fraction of sp³-hybridized carbons (Fsp3) is 0.103. The average molecular weight is 522 g/mol. The van der Waals surface area contributed by atoms with Crippen molar-refractivity contribution in [2.24, 2.45) is 4.99 Å². The molecule has 200 valence electrons. The van der Waals surface area contributed by atoms with Gasteiger partial charge in [0.25, 0.3) is 0 Å². The third kappa shape index (κ3) is 8.64. The van der Waals surface area contributed by atoms with Gasteiger partial charge in [0.05, 0.1) is 11.4 Å². The van der Waals surface area contributed by atoms with E-state index >= 15 is 0 Å². The molecule has 0 aliphatic heterocycles. The minimum absolute atomic E-state index is 0.713. The van der Waals surface area contributed by atoms with E-state index in [0.29, 0.717) is 5.70 Å². The number of aliphatic imine (C=N–C) groups is 1. The first-order valence-electron chi connectivity index (χ1n) is 13.5. The van der Waals surface area contributed by atoms with E-state index in [-0.39, 0.29) is 0 Å². The van der Waals surface area contributed by atoms with Crippen LogP contribution in [0.1, 0.15) is 54.2 Å². The van der Waals surface area contributed by atoms with Gasteiger partial charge in [-0.3, -0.25) is 0 Å². The van der Waals surface area contributed by atoms with Gasteiger partial charge >= 0.3 is 0 Å². The van der Waals surface area contributed by atoms with Crippen molar-refractivity contribution < 1.29 is 0 Å². The summed E-state index contributed by atoms with van der Waals surface area (Å²) in [6.07, 6.45) is 17.9. The maximum atomic E-state index is 5.03. The predicted octanol–water partition coefficient (Wildman–Crippen LogP) is 10.8. The Balaban J connectivity index is 1.97. The van der Waals surface area contributed by atoms with Crippen molar-refractivity contribution in [3.05, 3.63) is 181 Å². The van der Waals surface area contributed by atoms with Crippen molar-refractivity contribution in [1.29, 1.82) is 0 Å². The smallest absolute Gasteiger partial charge is 0.0712 e. The Kier molecular flexibility index (Phi) is 11.2. The van der Waals surface area contributed by atoms with Gasteiger partial charge in [0.15, 0.2) is 0 Å². The van der Waals surface area contributed by atoms with Crippen LogP contribution in [0.15, 0.2) is 152 Å². The summed E-state index contributed by atoms with van der Waals surface area (Å²) in [5, 5.41) is 0. The summed E-state index contributed by atoms with van der Waals surface area (Å²) in [5.41, 5.74) is 11.5. The molecule has 3 aromatic carbocycles. The van der Waals surface area contributed by atoms with Crippen molar-refractivity contribution >= 4 is 28.1 Å². The summed E-state index contributed by atoms with van der Waals surface area (Å²) in [4.78, 5) is 5.03. The second-order valence-electron chi connectivity index (χ2n) is 9.67. The van der Waals surface area contributed by atoms with E-state index in [1.807, 2.05) is 43.4 Å². The SMILES string of the molecule is C=C/C=C\C=C(/C)c1ccc(C(=C)N=C(/C=C(\C)c2ccc(C)cc2)c2ccc(C(=C)/C=C\C=C/C)cc2)cc1. The van der Waals surface area contributed by atoms with E-state index in [2.05, 4.69) is 125 Å². The number of benzene rings is 3. The first-order valence-corrected chi connectivity index (χ1v) is 13.5. The van der Waals surface area contributed by atoms with Gasteiger partial charge in [-0.2, -0.15) is 0 Å². The molecule has 0 spiro atoms. The average Bonchev–Trinajstić information content (AvgIpc) is 2.97. The lowest BCUT2D eigenvalue weighted by molar-refractivity contribution is 1.44. The molecule has 0 radical (unpaired) electrons. The fourth-order valence-corrected chi connectivity index (χ4v) is 4.03. The highest BCUT2D eigenvalue weighted by Crippen LogP contribution is 2.23. The number of aryl methyl sites for hydroxylation is 1. The van der Waals surface area contributed by atoms with Gasteiger partial charge in [0.2, 0.25) is 0 Å². The Bertz CT molecular complexity index is 1510. The molecule has 0 fully saturated rings. The monoisotopic (exact) mass is 521 g/mol. The van der Waals surface area contributed by atoms with Crippen molar-refractivity contribution in [2.75, 3.05) is 0 Å². The third-order valence-electron chi connectivity index (χ3n) is 6.53. The van der Waals surface area contributed by atoms with Crippen LogP contribution in [0, 0.1) is 6.92 Å². The molecule has 0 aliphatic carbocycles. The van der Waals surface area contributed by atoms with E-state index in [1.54, 1.807) is 6.08 Å². The molecule has 1 nitrogen and oxygen atoms in total. The van der Waals surface area contributed by atoms with Gasteiger partial charge in [0.1, 0.15) is 0 Å². The second-order valence-corrected chi connectivity index (χ2v) is 9.67. The fourth-order valence-electron chi connectivity index (χ4n) is 4.03. The van der Waals surface area contributed by atoms with Crippen molar-refractivity contribution in [3.8, 4) is 0 Å². The zero-order valence-corrected chi connectivity index (χ0v) is 24.2. The van der Waals surface area contributed by atoms with Crippen LogP contribution in [-0.2, 0) is 0 Å². The van der Waals surface area contributed by atoms with E-state index in [9.17, 15) is 0 Å². The van der Waals surface area contributed by atoms with Crippen LogP contribution in [0.3, 0.4) is 0 Å². The number of allylic oxidation sites excluding steroid dienone is 12. The zero-order chi connectivity index (χ0) is 28.9. The molecule has 3 rings (SSSR count). The van der Waals surface area contributed by atoms with Crippen LogP contribution >= 0.6 is 0 Å². The summed E-state index contributed by atoms with van der Waals surface area (Å²) >= 11 is 0. The lowest BCUT2D eigenvalue weighted by atomic mass is 9.99. The molecule has 0 atom stereocenters. The minimum Gasteiger partial charge on any atom is -0.248 e. The highest BCUT2D eigenvalue weighted by Gasteiger charge is 2.07. The molecule has 40 heavy (non-hydrogen) atoms. The van der Waals surface area contributed by atoms with Gasteiger partial charge in [-0.25, -0.2) is 4.99 Å². The molecule has 0 unspecified atom stereocenters. The van der Waals surface area contributed by atoms with Crippen molar-refractivity contribution in [2.45, 2.75) is 27.7 Å². The summed E-state index contributed by atoms with van der Waals surface area (Å²) in [6, 6.07) is 25.3. The molecule has 0 bridgehead atoms. The van der Waals surface area contributed by atoms with Crippen LogP contribution in [0.5, 0.6) is 0 Å². The number of hydrogen-bond acceptors (Lipinski definition) is 1. The first-order chi connectivity index (χ1) is 19.3. The summed E-state index contributed by atoms with van der Waals surface area (Å²) in [7, 11) is 0. The molecule has 0 aliphatic rings. The summed E-state index contributed by atoms with van der Waals surface area (Å²) < 4.78 is 0. The Hall–Kier alpha value is -4.75. The molecule has 0 N–H and O–H groups in total. The second kappa shape index (κ2) is 15.0. The standard InChI is InChI=1S/C39H39N/c1-8-10-12-14-30(4)34-20-24-37(25-21-34)33(7)40-39(28-32(6)36-18-16-29(3)17-19-36)38-26-22-35(23-27-38)31(5)15-13-11-9-2/h8-28H,1,5,7H2,2-4,6H3/b11-9-,12-10-,15-13-,30-14+,32-28+,40-39?. The number of rotatable bonds is 11. The highest BCUT2D eigenvalue weighted by molar-refractivity contribution is 6.14. The molecular formula is C39H39N. The van der Waals surface area contributed by atoms with Crippen LogP contribution < -0.4 is 0 Å². The highest BCUT2D eigenvalue weighted by atomic mass is 14.8. The van der Waals surface area contributed by atoms with E-state index in [1.165, 1.54) is 16.7 Å². The number of hydrogen-bond donors (Lipinski definition) is 0. The molecule has 0 saturated carbocycles. The third-order valence-corrected chi connectivity index (χ3v) is 6.53. The topological polar surface area (TPSA) is 12.4 Å². The van der Waals surface area contributed by atoms with Crippen LogP contribution in [0.2, 0.25) is 0 Å². The van der Waals surface area contributed by atoms with E-state index < -0.39 is 0 Å². The molecule has 3 aromatic rings. The normalized spacial score (nSPS) is 12.9. The van der Waals surface area contributed by atoms with Gasteiger partial charge in [-0.05, 0) is 72.7 Å². The molecule has 0 heterocycles. The maximum Gasteiger partial charge on any atom is 0.0712 e. The van der Waals surface area contributed by atoms with Crippen molar-refractivity contribution in [1.82, 2.24) is 0 Å². The lowest BCUT2D eigenvalue weighted by Gasteiger charge is -2.10. The largest absolute Gasteiger partial charge is 0.248 e. The summed E-state index contributed by atoms with van der Waals surface area (Å²) in [5.74, 6) is 0. The first kappa shape index (κ1) is 29.8. The van der Waals surface area contributed by atoms with Gasteiger partial charge < -0.3 is 0 Å². The Morgan fingerprint density at radius 2 is 1.20 bits per heavy atom. The molecule has 1 heteroatoms. The van der Waals surface area contributed by atoms with Crippen LogP contribution in [0.4, 0.5) is 0 Å². The molecule has 0 amide bonds. The Labute approximate surface area is 241 Å². The molecular weight excluding hydrogens is 482 g/mol. The van der Waals surface area contributed by atoms with E-state index in [0.717, 1.165) is 39.1 Å². The summed E-state index contributed by atoms with van der Waals surface area (Å²) in [6.45, 7) is 20.6. The minimum atomic E-state index is 0.713. The molecule has 0 aromatic heterocycles. The Morgan fingerprint density at radius 1 is 0.650 bits per heavy atom. The predicted molar refractivity (Wildman–Crippen MR) is 179 cm³/mol. The Morgan fingerprint density at radius 3 is 1.82 bits per heavy atom. The van der Waals surface area contributed by atoms with Gasteiger partial charge in [-0.15, -0.1) is 0 Å². The van der Waals surface area contributed by atoms with Crippen LogP contribution in [-0.4, -0.2) is 5.71 Å². The van der Waals surface area contributed by atoms with E-state index in [4.69, 9.17) is 4.99 Å². The van der Waals surface area contributed by atoms with Gasteiger partial charge in [0, 0.05) is 5.56 Å². The van der Waals surface area contributed by atoms with Crippen molar-refractivity contribution in [3.63, 3.8) is 0 Å². The van der Waals surface area contributed by atoms with Gasteiger partial charge in [-0.1, -0.05) is 147 Å². The zero-order valence-electron chi connectivity index (χ0n) is 24.2. The lowest BCUT2D eigenvalue weighted by Crippen LogP contribution is -2.00.